The Bertz CT molecular complexity index is 693. The first-order chi connectivity index (χ1) is 9.47. The van der Waals surface area contributed by atoms with Crippen molar-refractivity contribution in [2.24, 2.45) is 0 Å². The van der Waals surface area contributed by atoms with Gasteiger partial charge in [0.05, 0.1) is 28.6 Å². The van der Waals surface area contributed by atoms with Gasteiger partial charge in [-0.25, -0.2) is 4.98 Å². The van der Waals surface area contributed by atoms with E-state index in [1.54, 1.807) is 23.6 Å². The van der Waals surface area contributed by atoms with Crippen LogP contribution in [-0.2, 0) is 17.8 Å². The standard InChI is InChI=1S/C14H13IN2O3/c1-9-13(15)14(20)17(8-16-9)7-11-4-2-10(3-5-11)6-12(18)19/h2-5,8H,6-7H2,1H3,(H,18,19). The highest BCUT2D eigenvalue weighted by atomic mass is 127. The first kappa shape index (κ1) is 14.7. The fourth-order valence-corrected chi connectivity index (χ4v) is 2.24. The normalized spacial score (nSPS) is 10.5. The summed E-state index contributed by atoms with van der Waals surface area (Å²) >= 11 is 1.99. The molecule has 20 heavy (non-hydrogen) atoms. The Kier molecular flexibility index (Phi) is 4.53. The van der Waals surface area contributed by atoms with E-state index in [0.29, 0.717) is 10.1 Å². The summed E-state index contributed by atoms with van der Waals surface area (Å²) in [4.78, 5) is 26.8. The molecule has 0 spiro atoms. The minimum Gasteiger partial charge on any atom is -0.481 e. The van der Waals surface area contributed by atoms with E-state index in [1.807, 2.05) is 34.7 Å². The van der Waals surface area contributed by atoms with E-state index in [2.05, 4.69) is 4.98 Å². The van der Waals surface area contributed by atoms with E-state index in [0.717, 1.165) is 16.8 Å². The molecule has 1 N–H and O–H groups in total. The van der Waals surface area contributed by atoms with Gasteiger partial charge in [0.25, 0.3) is 5.56 Å². The lowest BCUT2D eigenvalue weighted by Gasteiger charge is -2.07. The van der Waals surface area contributed by atoms with E-state index in [-0.39, 0.29) is 12.0 Å². The Morgan fingerprint density at radius 2 is 1.90 bits per heavy atom. The molecule has 0 saturated carbocycles. The van der Waals surface area contributed by atoms with Crippen LogP contribution in [0, 0.1) is 10.5 Å². The number of rotatable bonds is 4. The minimum atomic E-state index is -0.855. The van der Waals surface area contributed by atoms with Crippen molar-refractivity contribution in [3.63, 3.8) is 0 Å². The molecule has 0 atom stereocenters. The van der Waals surface area contributed by atoms with Crippen LogP contribution in [0.25, 0.3) is 0 Å². The van der Waals surface area contributed by atoms with Crippen LogP contribution >= 0.6 is 22.6 Å². The van der Waals surface area contributed by atoms with Gasteiger partial charge in [0.15, 0.2) is 0 Å². The minimum absolute atomic E-state index is 0.00418. The first-order valence-electron chi connectivity index (χ1n) is 5.98. The third-order valence-corrected chi connectivity index (χ3v) is 4.13. The molecule has 1 heterocycles. The molecule has 1 aromatic heterocycles. The molecular formula is C14H13IN2O3. The van der Waals surface area contributed by atoms with Crippen LogP contribution < -0.4 is 5.56 Å². The van der Waals surface area contributed by atoms with Gasteiger partial charge in [0.1, 0.15) is 0 Å². The fraction of sp³-hybridized carbons (Fsp3) is 0.214. The van der Waals surface area contributed by atoms with E-state index < -0.39 is 5.97 Å². The van der Waals surface area contributed by atoms with Crippen molar-refractivity contribution in [1.82, 2.24) is 9.55 Å². The van der Waals surface area contributed by atoms with Gasteiger partial charge >= 0.3 is 5.97 Å². The van der Waals surface area contributed by atoms with Gasteiger partial charge in [0.2, 0.25) is 0 Å². The van der Waals surface area contributed by atoms with Crippen LogP contribution in [0.2, 0.25) is 0 Å². The Morgan fingerprint density at radius 1 is 1.30 bits per heavy atom. The summed E-state index contributed by atoms with van der Waals surface area (Å²) in [7, 11) is 0. The van der Waals surface area contributed by atoms with Crippen LogP contribution in [0.5, 0.6) is 0 Å². The van der Waals surface area contributed by atoms with Crippen molar-refractivity contribution in [3.8, 4) is 0 Å². The lowest BCUT2D eigenvalue weighted by atomic mass is 10.1. The Hall–Kier alpha value is -1.70. The van der Waals surface area contributed by atoms with Crippen LogP contribution in [-0.4, -0.2) is 20.6 Å². The number of carboxylic acids is 1. The molecule has 5 nitrogen and oxygen atoms in total. The molecule has 0 amide bonds. The quantitative estimate of drug-likeness (QED) is 0.817. The maximum atomic E-state index is 12.0. The van der Waals surface area contributed by atoms with E-state index in [1.165, 1.54) is 6.33 Å². The molecule has 6 heteroatoms. The molecule has 0 radical (unpaired) electrons. The monoisotopic (exact) mass is 384 g/mol. The Balaban J connectivity index is 2.20. The van der Waals surface area contributed by atoms with Crippen LogP contribution in [0.3, 0.4) is 0 Å². The third-order valence-electron chi connectivity index (χ3n) is 2.89. The smallest absolute Gasteiger partial charge is 0.307 e. The molecule has 0 aliphatic rings. The van der Waals surface area contributed by atoms with E-state index in [4.69, 9.17) is 5.11 Å². The number of hydrogen-bond donors (Lipinski definition) is 1. The number of nitrogens with zero attached hydrogens (tertiary/aromatic N) is 2. The summed E-state index contributed by atoms with van der Waals surface area (Å²) < 4.78 is 2.16. The topological polar surface area (TPSA) is 72.2 Å². The van der Waals surface area contributed by atoms with Crippen molar-refractivity contribution < 1.29 is 9.90 Å². The molecule has 0 aliphatic carbocycles. The Labute approximate surface area is 129 Å². The zero-order chi connectivity index (χ0) is 14.7. The van der Waals surface area contributed by atoms with Crippen molar-refractivity contribution in [1.29, 1.82) is 0 Å². The van der Waals surface area contributed by atoms with Crippen molar-refractivity contribution in [2.45, 2.75) is 19.9 Å². The molecule has 2 rings (SSSR count). The molecule has 104 valence electrons. The van der Waals surface area contributed by atoms with Gasteiger partial charge in [0, 0.05) is 0 Å². The van der Waals surface area contributed by atoms with Gasteiger partial charge in [-0.3, -0.25) is 14.2 Å². The van der Waals surface area contributed by atoms with Gasteiger partial charge in [-0.15, -0.1) is 0 Å². The number of hydrogen-bond acceptors (Lipinski definition) is 3. The fourth-order valence-electron chi connectivity index (χ4n) is 1.79. The number of aliphatic carboxylic acids is 1. The highest BCUT2D eigenvalue weighted by Gasteiger charge is 2.06. The summed E-state index contributed by atoms with van der Waals surface area (Å²) in [6.45, 7) is 2.23. The number of benzene rings is 1. The van der Waals surface area contributed by atoms with Crippen molar-refractivity contribution >= 4 is 28.6 Å². The second-order valence-corrected chi connectivity index (χ2v) is 5.54. The van der Waals surface area contributed by atoms with Crippen LogP contribution in [0.1, 0.15) is 16.8 Å². The van der Waals surface area contributed by atoms with Crippen molar-refractivity contribution in [3.05, 3.63) is 61.3 Å². The molecule has 2 aromatic rings. The van der Waals surface area contributed by atoms with Gasteiger partial charge < -0.3 is 5.11 Å². The van der Waals surface area contributed by atoms with Crippen LogP contribution in [0.4, 0.5) is 0 Å². The summed E-state index contributed by atoms with van der Waals surface area (Å²) in [6.07, 6.45) is 1.54. The molecule has 0 saturated heterocycles. The summed E-state index contributed by atoms with van der Waals surface area (Å²) in [6, 6.07) is 7.19. The summed E-state index contributed by atoms with van der Waals surface area (Å²) in [5.41, 5.74) is 2.34. The predicted octanol–water partition coefficient (Wildman–Crippen LogP) is 1.83. The largest absolute Gasteiger partial charge is 0.481 e. The second kappa shape index (κ2) is 6.17. The molecule has 0 bridgehead atoms. The van der Waals surface area contributed by atoms with Gasteiger partial charge in [-0.05, 0) is 40.6 Å². The van der Waals surface area contributed by atoms with Crippen LogP contribution in [0.15, 0.2) is 35.4 Å². The van der Waals surface area contributed by atoms with Crippen molar-refractivity contribution in [2.75, 3.05) is 0 Å². The molecule has 0 unspecified atom stereocenters. The number of halogens is 1. The number of carboxylic acid groups (broad SMARTS) is 1. The molecule has 1 aromatic carbocycles. The molecular weight excluding hydrogens is 371 g/mol. The van der Waals surface area contributed by atoms with E-state index >= 15 is 0 Å². The summed E-state index contributed by atoms with van der Waals surface area (Å²) in [5.74, 6) is -0.855. The zero-order valence-corrected chi connectivity index (χ0v) is 13.0. The maximum Gasteiger partial charge on any atom is 0.307 e. The lowest BCUT2D eigenvalue weighted by molar-refractivity contribution is -0.136. The molecule has 0 aliphatic heterocycles. The summed E-state index contributed by atoms with van der Waals surface area (Å²) in [5, 5.41) is 8.71. The Morgan fingerprint density at radius 3 is 2.50 bits per heavy atom. The predicted molar refractivity (Wildman–Crippen MR) is 82.8 cm³/mol. The second-order valence-electron chi connectivity index (χ2n) is 4.46. The van der Waals surface area contributed by atoms with Gasteiger partial charge in [-0.1, -0.05) is 24.3 Å². The first-order valence-corrected chi connectivity index (χ1v) is 7.06. The van der Waals surface area contributed by atoms with E-state index in [9.17, 15) is 9.59 Å². The molecule has 0 fully saturated rings. The highest BCUT2D eigenvalue weighted by Crippen LogP contribution is 2.07. The third kappa shape index (κ3) is 3.44. The zero-order valence-electron chi connectivity index (χ0n) is 10.8. The number of aromatic nitrogens is 2. The van der Waals surface area contributed by atoms with Gasteiger partial charge in [-0.2, -0.15) is 0 Å². The number of carbonyl (C=O) groups is 1. The average molecular weight is 384 g/mol. The highest BCUT2D eigenvalue weighted by molar-refractivity contribution is 14.1. The maximum absolute atomic E-state index is 12.0. The number of aryl methyl sites for hydroxylation is 1. The SMILES string of the molecule is Cc1ncn(Cc2ccc(CC(=O)O)cc2)c(=O)c1I. The lowest BCUT2D eigenvalue weighted by Crippen LogP contribution is -2.24. The average Bonchev–Trinajstić information content (AvgIpc) is 2.41.